The van der Waals surface area contributed by atoms with Crippen LogP contribution in [0, 0.1) is 23.2 Å². The monoisotopic (exact) mass is 224 g/mol. The maximum atomic E-state index is 8.43. The zero-order valence-corrected chi connectivity index (χ0v) is 10.3. The quantitative estimate of drug-likeness (QED) is 0.685. The Morgan fingerprint density at radius 1 is 1.29 bits per heavy atom. The fourth-order valence-corrected chi connectivity index (χ4v) is 2.19. The first-order valence-corrected chi connectivity index (χ1v) is 5.96. The van der Waals surface area contributed by atoms with Crippen molar-refractivity contribution in [1.29, 1.82) is 5.26 Å². The largest absolute Gasteiger partial charge is 0.296 e. The maximum absolute atomic E-state index is 8.43. The van der Waals surface area contributed by atoms with Crippen LogP contribution in [-0.2, 0) is 13.0 Å². The van der Waals surface area contributed by atoms with E-state index in [0.29, 0.717) is 6.04 Å². The van der Waals surface area contributed by atoms with Gasteiger partial charge < -0.3 is 0 Å². The number of hydrogen-bond acceptors (Lipinski definition) is 2. The predicted molar refractivity (Wildman–Crippen MR) is 68.2 cm³/mol. The standard InChI is InChI=1S/C15H16N2/c1-12(2)17-9-7-14-10-13(4-3-8-16)5-6-15(14)11-17/h5-6,10,12H,7,9,11H2,1-2H3. The first-order chi connectivity index (χ1) is 8.20. The van der Waals surface area contributed by atoms with Crippen LogP contribution in [0.4, 0.5) is 0 Å². The van der Waals surface area contributed by atoms with Crippen LogP contribution in [0.5, 0.6) is 0 Å². The summed E-state index contributed by atoms with van der Waals surface area (Å²) in [4.78, 5) is 2.48. The Morgan fingerprint density at radius 3 is 2.82 bits per heavy atom. The van der Waals surface area contributed by atoms with Gasteiger partial charge in [-0.1, -0.05) is 12.0 Å². The van der Waals surface area contributed by atoms with Gasteiger partial charge in [-0.2, -0.15) is 5.26 Å². The SMILES string of the molecule is CC(C)N1CCc2cc(C#CC#N)ccc2C1. The van der Waals surface area contributed by atoms with Crippen molar-refractivity contribution in [2.45, 2.75) is 32.9 Å². The Bertz CT molecular complexity index is 512. The Balaban J connectivity index is 2.23. The number of rotatable bonds is 1. The highest BCUT2D eigenvalue weighted by Crippen LogP contribution is 2.21. The fourth-order valence-electron chi connectivity index (χ4n) is 2.19. The lowest BCUT2D eigenvalue weighted by molar-refractivity contribution is 0.203. The lowest BCUT2D eigenvalue weighted by Crippen LogP contribution is -2.35. The molecule has 1 aliphatic rings. The summed E-state index contributed by atoms with van der Waals surface area (Å²) in [6, 6.07) is 8.72. The third-order valence-corrected chi connectivity index (χ3v) is 3.24. The minimum absolute atomic E-state index is 0.598. The van der Waals surface area contributed by atoms with Crippen LogP contribution in [0.15, 0.2) is 18.2 Å². The van der Waals surface area contributed by atoms with Crippen molar-refractivity contribution in [3.05, 3.63) is 34.9 Å². The maximum Gasteiger partial charge on any atom is 0.152 e. The molecule has 0 amide bonds. The van der Waals surface area contributed by atoms with E-state index >= 15 is 0 Å². The van der Waals surface area contributed by atoms with Gasteiger partial charge in [0, 0.05) is 30.6 Å². The first-order valence-electron chi connectivity index (χ1n) is 5.96. The number of nitrogens with zero attached hydrogens (tertiary/aromatic N) is 2. The van der Waals surface area contributed by atoms with E-state index in [1.807, 2.05) is 12.1 Å². The van der Waals surface area contributed by atoms with Crippen molar-refractivity contribution in [3.8, 4) is 17.9 Å². The van der Waals surface area contributed by atoms with Crippen molar-refractivity contribution in [3.63, 3.8) is 0 Å². The summed E-state index contributed by atoms with van der Waals surface area (Å²) in [6.07, 6.45) is 1.08. The van der Waals surface area contributed by atoms with Crippen LogP contribution in [-0.4, -0.2) is 17.5 Å². The molecule has 0 radical (unpaired) electrons. The second-order valence-electron chi connectivity index (χ2n) is 4.66. The van der Waals surface area contributed by atoms with Crippen molar-refractivity contribution in [2.24, 2.45) is 0 Å². The van der Waals surface area contributed by atoms with Crippen LogP contribution >= 0.6 is 0 Å². The van der Waals surface area contributed by atoms with Crippen molar-refractivity contribution in [1.82, 2.24) is 4.90 Å². The van der Waals surface area contributed by atoms with E-state index in [2.05, 4.69) is 42.7 Å². The Morgan fingerprint density at radius 2 is 2.12 bits per heavy atom. The Kier molecular flexibility index (Phi) is 3.47. The van der Waals surface area contributed by atoms with E-state index < -0.39 is 0 Å². The second kappa shape index (κ2) is 5.04. The van der Waals surface area contributed by atoms with Gasteiger partial charge in [0.05, 0.1) is 0 Å². The summed E-state index contributed by atoms with van der Waals surface area (Å²) in [5.41, 5.74) is 3.72. The zero-order chi connectivity index (χ0) is 12.3. The van der Waals surface area contributed by atoms with E-state index in [-0.39, 0.29) is 0 Å². The molecule has 1 aromatic carbocycles. The average molecular weight is 224 g/mol. The predicted octanol–water partition coefficient (Wildman–Crippen LogP) is 2.33. The number of nitriles is 1. The summed E-state index contributed by atoms with van der Waals surface area (Å²) in [5.74, 6) is 5.30. The van der Waals surface area contributed by atoms with Gasteiger partial charge in [-0.15, -0.1) is 0 Å². The van der Waals surface area contributed by atoms with Crippen molar-refractivity contribution < 1.29 is 0 Å². The molecule has 2 nitrogen and oxygen atoms in total. The highest BCUT2D eigenvalue weighted by molar-refractivity contribution is 5.43. The summed E-state index contributed by atoms with van der Waals surface area (Å²) in [5, 5.41) is 8.43. The summed E-state index contributed by atoms with van der Waals surface area (Å²) in [6.45, 7) is 6.61. The van der Waals surface area contributed by atoms with E-state index in [1.54, 1.807) is 0 Å². The number of fused-ring (bicyclic) bond motifs is 1. The summed E-state index contributed by atoms with van der Waals surface area (Å²) >= 11 is 0. The molecule has 0 N–H and O–H groups in total. The average Bonchev–Trinajstić information content (AvgIpc) is 2.35. The Labute approximate surface area is 103 Å². The molecule has 0 saturated heterocycles. The molecule has 0 fully saturated rings. The molecule has 0 aliphatic carbocycles. The zero-order valence-electron chi connectivity index (χ0n) is 10.3. The normalized spacial score (nSPS) is 14.7. The van der Waals surface area contributed by atoms with Gasteiger partial charge in [0.15, 0.2) is 6.07 Å². The van der Waals surface area contributed by atoms with Gasteiger partial charge in [0.2, 0.25) is 0 Å². The van der Waals surface area contributed by atoms with Crippen LogP contribution in [0.1, 0.15) is 30.5 Å². The van der Waals surface area contributed by atoms with Gasteiger partial charge >= 0.3 is 0 Å². The van der Waals surface area contributed by atoms with Crippen LogP contribution in [0.2, 0.25) is 0 Å². The van der Waals surface area contributed by atoms with Crippen molar-refractivity contribution >= 4 is 0 Å². The van der Waals surface area contributed by atoms with E-state index in [1.165, 1.54) is 11.1 Å². The van der Waals surface area contributed by atoms with E-state index in [4.69, 9.17) is 5.26 Å². The van der Waals surface area contributed by atoms with Gasteiger partial charge in [-0.25, -0.2) is 0 Å². The fraction of sp³-hybridized carbons (Fsp3) is 0.400. The highest BCUT2D eigenvalue weighted by Gasteiger charge is 2.17. The van der Waals surface area contributed by atoms with Crippen LogP contribution in [0.25, 0.3) is 0 Å². The summed E-state index contributed by atoms with van der Waals surface area (Å²) < 4.78 is 0. The topological polar surface area (TPSA) is 27.0 Å². The third kappa shape index (κ3) is 2.67. The van der Waals surface area contributed by atoms with Crippen molar-refractivity contribution in [2.75, 3.05) is 6.54 Å². The van der Waals surface area contributed by atoms with Gasteiger partial charge in [-0.05, 0) is 43.5 Å². The second-order valence-corrected chi connectivity index (χ2v) is 4.66. The Hall–Kier alpha value is -1.77. The molecule has 1 aromatic rings. The van der Waals surface area contributed by atoms with E-state index in [9.17, 15) is 0 Å². The summed E-state index contributed by atoms with van der Waals surface area (Å²) in [7, 11) is 0. The van der Waals surface area contributed by atoms with E-state index in [0.717, 1.165) is 25.1 Å². The molecule has 2 heteroatoms. The molecule has 1 heterocycles. The van der Waals surface area contributed by atoms with Gasteiger partial charge in [-0.3, -0.25) is 4.90 Å². The molecular formula is C15H16N2. The molecule has 1 aliphatic heterocycles. The highest BCUT2D eigenvalue weighted by atomic mass is 15.1. The molecule has 17 heavy (non-hydrogen) atoms. The molecule has 0 aromatic heterocycles. The van der Waals surface area contributed by atoms with Gasteiger partial charge in [0.1, 0.15) is 0 Å². The molecule has 86 valence electrons. The number of benzene rings is 1. The molecule has 0 spiro atoms. The first kappa shape index (κ1) is 11.7. The molecule has 0 atom stereocenters. The van der Waals surface area contributed by atoms with Crippen LogP contribution in [0.3, 0.4) is 0 Å². The molecule has 0 unspecified atom stereocenters. The van der Waals surface area contributed by atoms with Gasteiger partial charge in [0.25, 0.3) is 0 Å². The smallest absolute Gasteiger partial charge is 0.152 e. The minimum atomic E-state index is 0.598. The minimum Gasteiger partial charge on any atom is -0.296 e. The molecule has 2 rings (SSSR count). The molecule has 0 saturated carbocycles. The lowest BCUT2D eigenvalue weighted by atomic mass is 9.96. The molecular weight excluding hydrogens is 208 g/mol. The van der Waals surface area contributed by atoms with Crippen LogP contribution < -0.4 is 0 Å². The molecule has 0 bridgehead atoms. The third-order valence-electron chi connectivity index (χ3n) is 3.24. The number of hydrogen-bond donors (Lipinski definition) is 0. The lowest BCUT2D eigenvalue weighted by Gasteiger charge is -2.31.